The Labute approximate surface area is 560 Å². The Morgan fingerprint density at radius 2 is 0.750 bits per heavy atom. The van der Waals surface area contributed by atoms with Crippen molar-refractivity contribution in [3.8, 4) is 0 Å². The van der Waals surface area contributed by atoms with Gasteiger partial charge in [-0.05, 0) is 77.0 Å². The lowest BCUT2D eigenvalue weighted by Gasteiger charge is -2.46. The summed E-state index contributed by atoms with van der Waals surface area (Å²) >= 11 is 0. The van der Waals surface area contributed by atoms with Crippen molar-refractivity contribution in [2.75, 3.05) is 19.8 Å². The van der Waals surface area contributed by atoms with Crippen LogP contribution in [0.2, 0.25) is 0 Å². The van der Waals surface area contributed by atoms with E-state index in [-0.39, 0.29) is 18.9 Å². The van der Waals surface area contributed by atoms with Gasteiger partial charge in [0.25, 0.3) is 0 Å². The Balaban J connectivity index is 1.67. The minimum Gasteiger partial charge on any atom is -0.394 e. The van der Waals surface area contributed by atoms with Gasteiger partial charge in [-0.2, -0.15) is 0 Å². The largest absolute Gasteiger partial charge is 0.394 e. The van der Waals surface area contributed by atoms with E-state index in [1.165, 1.54) is 173 Å². The van der Waals surface area contributed by atoms with Crippen molar-refractivity contribution in [1.82, 2.24) is 5.32 Å². The first kappa shape index (κ1) is 85.0. The maximum atomic E-state index is 13.4. The zero-order valence-electron chi connectivity index (χ0n) is 58.0. The molecule has 2 fully saturated rings. The molecule has 0 aliphatic carbocycles. The number of amides is 1. The Kier molecular flexibility index (Phi) is 56.8. The van der Waals surface area contributed by atoms with Crippen LogP contribution in [-0.4, -0.2) is 140 Å². The summed E-state index contributed by atoms with van der Waals surface area (Å²) in [5.41, 5.74) is 0. The molecule has 0 aromatic heterocycles. The molecule has 2 heterocycles. The molecule has 12 unspecified atom stereocenters. The van der Waals surface area contributed by atoms with Crippen molar-refractivity contribution in [2.24, 2.45) is 0 Å². The van der Waals surface area contributed by atoms with Crippen molar-refractivity contribution in [2.45, 2.75) is 370 Å². The van der Waals surface area contributed by atoms with Gasteiger partial charge in [0, 0.05) is 6.42 Å². The monoisotopic (exact) mass is 1300 g/mol. The van der Waals surface area contributed by atoms with Gasteiger partial charge < -0.3 is 65.1 Å². The molecule has 0 aromatic carbocycles. The molecule has 0 spiro atoms. The van der Waals surface area contributed by atoms with Gasteiger partial charge in [-0.15, -0.1) is 0 Å². The highest BCUT2D eigenvalue weighted by Crippen LogP contribution is 2.30. The molecule has 0 saturated carbocycles. The molecule has 2 saturated heterocycles. The van der Waals surface area contributed by atoms with Crippen LogP contribution in [0.4, 0.5) is 0 Å². The third-order valence-corrected chi connectivity index (χ3v) is 17.8. The average molecular weight is 1300 g/mol. The van der Waals surface area contributed by atoms with Crippen LogP contribution in [0.25, 0.3) is 0 Å². The van der Waals surface area contributed by atoms with E-state index < -0.39 is 86.8 Å². The molecular formula is C78H137NO13. The van der Waals surface area contributed by atoms with E-state index in [1.54, 1.807) is 0 Å². The number of hydrogen-bond donors (Lipinski definition) is 9. The Bertz CT molecular complexity index is 1920. The van der Waals surface area contributed by atoms with Crippen LogP contribution in [0.1, 0.15) is 296 Å². The van der Waals surface area contributed by atoms with E-state index in [4.69, 9.17) is 18.9 Å². The van der Waals surface area contributed by atoms with Gasteiger partial charge in [-0.1, -0.05) is 310 Å². The second-order valence-electron chi connectivity index (χ2n) is 26.0. The lowest BCUT2D eigenvalue weighted by atomic mass is 9.97. The van der Waals surface area contributed by atoms with Crippen molar-refractivity contribution in [1.29, 1.82) is 0 Å². The van der Waals surface area contributed by atoms with E-state index in [9.17, 15) is 45.6 Å². The fourth-order valence-corrected chi connectivity index (χ4v) is 11.9. The van der Waals surface area contributed by atoms with Crippen molar-refractivity contribution in [3.63, 3.8) is 0 Å². The number of nitrogens with one attached hydrogen (secondary N) is 1. The fraction of sp³-hybridized carbons (Fsp3) is 0.782. The van der Waals surface area contributed by atoms with Crippen molar-refractivity contribution in [3.05, 3.63) is 97.2 Å². The summed E-state index contributed by atoms with van der Waals surface area (Å²) in [5, 5.41) is 87.7. The first-order valence-electron chi connectivity index (χ1n) is 37.5. The Morgan fingerprint density at radius 3 is 1.13 bits per heavy atom. The highest BCUT2D eigenvalue weighted by Gasteiger charge is 2.51. The number of aliphatic hydroxyl groups is 8. The summed E-state index contributed by atoms with van der Waals surface area (Å²) in [6.45, 7) is 2.75. The third kappa shape index (κ3) is 44.6. The highest BCUT2D eigenvalue weighted by atomic mass is 16.7. The van der Waals surface area contributed by atoms with Gasteiger partial charge in [-0.25, -0.2) is 0 Å². The maximum absolute atomic E-state index is 13.4. The van der Waals surface area contributed by atoms with E-state index in [2.05, 4.69) is 116 Å². The molecule has 532 valence electrons. The molecule has 14 nitrogen and oxygen atoms in total. The van der Waals surface area contributed by atoms with Gasteiger partial charge in [0.1, 0.15) is 48.8 Å². The van der Waals surface area contributed by atoms with E-state index in [1.807, 2.05) is 0 Å². The number of ether oxygens (including phenoxy) is 4. The zero-order valence-corrected chi connectivity index (χ0v) is 58.0. The number of unbranched alkanes of at least 4 members (excludes halogenated alkanes) is 32. The molecule has 2 aliphatic heterocycles. The van der Waals surface area contributed by atoms with Crippen molar-refractivity contribution < 1.29 is 64.6 Å². The summed E-state index contributed by atoms with van der Waals surface area (Å²) in [7, 11) is 0. The number of aliphatic hydroxyl groups excluding tert-OH is 8. The lowest BCUT2D eigenvalue weighted by molar-refractivity contribution is -0.359. The van der Waals surface area contributed by atoms with Crippen LogP contribution in [0, 0.1) is 0 Å². The topological polar surface area (TPSA) is 228 Å². The predicted octanol–water partition coefficient (Wildman–Crippen LogP) is 16.1. The smallest absolute Gasteiger partial charge is 0.220 e. The van der Waals surface area contributed by atoms with Crippen LogP contribution >= 0.6 is 0 Å². The predicted molar refractivity (Wildman–Crippen MR) is 378 cm³/mol. The minimum atomic E-state index is -1.79. The lowest BCUT2D eigenvalue weighted by Crippen LogP contribution is -2.65. The molecule has 14 heteroatoms. The molecule has 9 N–H and O–H groups in total. The molecular weight excluding hydrogens is 1160 g/mol. The highest BCUT2D eigenvalue weighted by molar-refractivity contribution is 5.76. The fourth-order valence-electron chi connectivity index (χ4n) is 11.9. The van der Waals surface area contributed by atoms with Gasteiger partial charge in [0.15, 0.2) is 12.6 Å². The van der Waals surface area contributed by atoms with Crippen LogP contribution in [0.5, 0.6) is 0 Å². The number of allylic oxidation sites excluding steroid dienone is 16. The molecule has 0 aromatic rings. The van der Waals surface area contributed by atoms with Crippen LogP contribution in [0.15, 0.2) is 97.2 Å². The van der Waals surface area contributed by atoms with Gasteiger partial charge in [-0.3, -0.25) is 4.79 Å². The van der Waals surface area contributed by atoms with E-state index in [0.717, 1.165) is 89.9 Å². The Morgan fingerprint density at radius 1 is 0.402 bits per heavy atom. The standard InChI is InChI=1S/C78H137NO13/c1-3-5-7-9-11-13-15-17-19-21-23-25-27-29-31-32-33-34-36-37-39-41-43-45-47-49-51-53-55-57-59-61-67(82)66(65-89-77-75(88)73(86)76(69(64-81)91-77)92-78-74(87)72(85)71(84)68(63-80)90-78)79-70(83)62-60-58-56-54-52-50-48-46-44-42-40-38-35-30-28-26-24-22-20-18-16-14-12-10-8-6-4-2/h6,8,12,14,18,20,24,26,30,35,40,42,46,48,52,54,66-69,71-78,80-82,84-88H,3-5,7,9-11,13,15-17,19,21-23,25,27-29,31-34,36-39,41,43-45,47,49-51,53,55-65H2,1-2H3,(H,79,83)/b8-6-,14-12-,20-18-,26-24-,35-30-,42-40-,48-46-,54-52-. The molecule has 0 radical (unpaired) electrons. The molecule has 2 aliphatic rings. The normalized spacial score (nSPS) is 23.2. The number of hydrogen-bond acceptors (Lipinski definition) is 13. The molecule has 0 bridgehead atoms. The Hall–Kier alpha value is -3.09. The first-order valence-corrected chi connectivity index (χ1v) is 37.5. The average Bonchev–Trinajstić information content (AvgIpc) is 0.882. The third-order valence-electron chi connectivity index (χ3n) is 17.8. The first-order chi connectivity index (χ1) is 45.1. The van der Waals surface area contributed by atoms with Crippen LogP contribution in [0.3, 0.4) is 0 Å². The minimum absolute atomic E-state index is 0.243. The molecule has 1 amide bonds. The summed E-state index contributed by atoms with van der Waals surface area (Å²) in [5.74, 6) is -0.249. The van der Waals surface area contributed by atoms with E-state index in [0.29, 0.717) is 12.8 Å². The molecule has 92 heavy (non-hydrogen) atoms. The summed E-state index contributed by atoms with van der Waals surface area (Å²) in [4.78, 5) is 13.4. The van der Waals surface area contributed by atoms with Crippen LogP contribution < -0.4 is 5.32 Å². The molecule has 2 rings (SSSR count). The SMILES string of the molecule is CC/C=C\C/C=C\C/C=C\C/C=C\C/C=C\C/C=C\C/C=C\C/C=C\CCCCC(=O)NC(COC1OC(CO)C(OC2OC(CO)C(O)C(O)C2O)C(O)C1O)C(O)CCCCCCCCCCCCCCCCCCCCCCCCCCCCCCCCC. The zero-order chi connectivity index (χ0) is 66.6. The van der Waals surface area contributed by atoms with Gasteiger partial charge >= 0.3 is 0 Å². The second kappa shape index (κ2) is 61.5. The summed E-state index contributed by atoms with van der Waals surface area (Å²) in [6.07, 6.45) is 70.1. The van der Waals surface area contributed by atoms with Crippen molar-refractivity contribution >= 4 is 5.91 Å². The number of carbonyl (C=O) groups is 1. The second-order valence-corrected chi connectivity index (χ2v) is 26.0. The maximum Gasteiger partial charge on any atom is 0.220 e. The van der Waals surface area contributed by atoms with Gasteiger partial charge in [0.05, 0.1) is 32.0 Å². The molecule has 12 atom stereocenters. The summed E-state index contributed by atoms with van der Waals surface area (Å²) < 4.78 is 22.9. The quantitative estimate of drug-likeness (QED) is 0.0204. The number of carbonyl (C=O) groups excluding carboxylic acids is 1. The number of rotatable bonds is 61. The van der Waals surface area contributed by atoms with Crippen LogP contribution in [-0.2, 0) is 23.7 Å². The van der Waals surface area contributed by atoms with Gasteiger partial charge in [0.2, 0.25) is 5.91 Å². The summed E-state index contributed by atoms with van der Waals surface area (Å²) in [6, 6.07) is -0.862. The van der Waals surface area contributed by atoms with E-state index >= 15 is 0 Å².